The van der Waals surface area contributed by atoms with Crippen LogP contribution in [0, 0.1) is 12.7 Å². The highest BCUT2D eigenvalue weighted by Gasteiger charge is 2.31. The standard InChI is InChI=1S/C25H26FN3O2S/c1-17-27-23(24(32-17)18-7-3-2-4-8-18)25(31)29-16-6-5-9-21(29)14-15-22(30)28-20-12-10-19(26)11-13-20/h2-4,7-8,10-13,21H,5-6,9,14-16H2,1H3,(H,28,30). The number of carbonyl (C=O) groups is 2. The first-order valence-electron chi connectivity index (χ1n) is 10.9. The highest BCUT2D eigenvalue weighted by atomic mass is 32.1. The van der Waals surface area contributed by atoms with E-state index in [4.69, 9.17) is 0 Å². The van der Waals surface area contributed by atoms with Gasteiger partial charge in [-0.2, -0.15) is 0 Å². The zero-order valence-corrected chi connectivity index (χ0v) is 18.8. The van der Waals surface area contributed by atoms with Gasteiger partial charge in [0.25, 0.3) is 5.91 Å². The number of likely N-dealkylation sites (tertiary alicyclic amines) is 1. The summed E-state index contributed by atoms with van der Waals surface area (Å²) in [5.74, 6) is -0.535. The van der Waals surface area contributed by atoms with Crippen LogP contribution in [0.4, 0.5) is 10.1 Å². The van der Waals surface area contributed by atoms with Crippen molar-refractivity contribution < 1.29 is 14.0 Å². The number of aryl methyl sites for hydroxylation is 1. The van der Waals surface area contributed by atoms with E-state index in [0.29, 0.717) is 30.8 Å². The fourth-order valence-corrected chi connectivity index (χ4v) is 5.03. The minimum Gasteiger partial charge on any atom is -0.334 e. The molecule has 5 nitrogen and oxygen atoms in total. The van der Waals surface area contributed by atoms with Crippen molar-refractivity contribution in [2.75, 3.05) is 11.9 Å². The van der Waals surface area contributed by atoms with Gasteiger partial charge in [0.2, 0.25) is 5.91 Å². The molecule has 7 heteroatoms. The molecule has 1 fully saturated rings. The third kappa shape index (κ3) is 5.22. The molecule has 0 radical (unpaired) electrons. The van der Waals surface area contributed by atoms with E-state index >= 15 is 0 Å². The number of benzene rings is 2. The zero-order chi connectivity index (χ0) is 22.5. The summed E-state index contributed by atoms with van der Waals surface area (Å²) in [6.07, 6.45) is 3.75. The minimum absolute atomic E-state index is 0.000785. The molecule has 1 aliphatic rings. The summed E-state index contributed by atoms with van der Waals surface area (Å²) < 4.78 is 13.1. The molecule has 0 bridgehead atoms. The number of hydrogen-bond acceptors (Lipinski definition) is 4. The van der Waals surface area contributed by atoms with Crippen LogP contribution in [0.15, 0.2) is 54.6 Å². The Bertz CT molecular complexity index is 1080. The van der Waals surface area contributed by atoms with E-state index in [-0.39, 0.29) is 23.7 Å². The van der Waals surface area contributed by atoms with Crippen molar-refractivity contribution in [3.05, 3.63) is 71.1 Å². The van der Waals surface area contributed by atoms with Crippen molar-refractivity contribution in [2.24, 2.45) is 0 Å². The third-order valence-corrected chi connectivity index (χ3v) is 6.71. The zero-order valence-electron chi connectivity index (χ0n) is 18.0. The molecule has 2 aromatic carbocycles. The Labute approximate surface area is 191 Å². The van der Waals surface area contributed by atoms with Crippen LogP contribution in [0.25, 0.3) is 10.4 Å². The molecular weight excluding hydrogens is 425 g/mol. The number of carbonyl (C=O) groups excluding carboxylic acids is 2. The van der Waals surface area contributed by atoms with Crippen molar-refractivity contribution >= 4 is 28.8 Å². The number of aromatic nitrogens is 1. The van der Waals surface area contributed by atoms with Crippen LogP contribution in [0.3, 0.4) is 0 Å². The second-order valence-electron chi connectivity index (χ2n) is 8.02. The molecule has 4 rings (SSSR count). The fourth-order valence-electron chi connectivity index (χ4n) is 4.12. The Morgan fingerprint density at radius 1 is 1.12 bits per heavy atom. The van der Waals surface area contributed by atoms with Crippen molar-refractivity contribution in [1.29, 1.82) is 0 Å². The third-order valence-electron chi connectivity index (χ3n) is 5.69. The van der Waals surface area contributed by atoms with Crippen LogP contribution in [0.5, 0.6) is 0 Å². The van der Waals surface area contributed by atoms with Crippen LogP contribution in [0.2, 0.25) is 0 Å². The Morgan fingerprint density at radius 3 is 2.62 bits per heavy atom. The number of thiazole rings is 1. The van der Waals surface area contributed by atoms with Gasteiger partial charge in [-0.15, -0.1) is 11.3 Å². The average molecular weight is 452 g/mol. The van der Waals surface area contributed by atoms with Crippen LogP contribution in [0.1, 0.15) is 47.6 Å². The van der Waals surface area contributed by atoms with Crippen LogP contribution < -0.4 is 5.32 Å². The molecule has 1 aromatic heterocycles. The number of halogens is 1. The molecule has 1 unspecified atom stereocenters. The Hall–Kier alpha value is -3.06. The molecule has 0 spiro atoms. The number of rotatable bonds is 6. The Morgan fingerprint density at radius 2 is 1.88 bits per heavy atom. The SMILES string of the molecule is Cc1nc(C(=O)N2CCCCC2CCC(=O)Nc2ccc(F)cc2)c(-c2ccccc2)s1. The smallest absolute Gasteiger partial charge is 0.274 e. The first kappa shape index (κ1) is 22.1. The maximum absolute atomic E-state index is 13.5. The summed E-state index contributed by atoms with van der Waals surface area (Å²) in [4.78, 5) is 33.3. The maximum Gasteiger partial charge on any atom is 0.274 e. The number of amides is 2. The molecule has 1 aliphatic heterocycles. The van der Waals surface area contributed by atoms with E-state index in [1.807, 2.05) is 42.2 Å². The van der Waals surface area contributed by atoms with Gasteiger partial charge in [0.15, 0.2) is 0 Å². The summed E-state index contributed by atoms with van der Waals surface area (Å²) in [5.41, 5.74) is 2.06. The molecule has 0 aliphatic carbocycles. The van der Waals surface area contributed by atoms with E-state index in [0.717, 1.165) is 34.7 Å². The van der Waals surface area contributed by atoms with Gasteiger partial charge in [-0.3, -0.25) is 9.59 Å². The first-order valence-corrected chi connectivity index (χ1v) is 11.7. The Kier molecular flexibility index (Phi) is 6.95. The summed E-state index contributed by atoms with van der Waals surface area (Å²) in [6.45, 7) is 2.59. The van der Waals surface area contributed by atoms with Gasteiger partial charge in [-0.25, -0.2) is 9.37 Å². The van der Waals surface area contributed by atoms with Crippen molar-refractivity contribution in [1.82, 2.24) is 9.88 Å². The lowest BCUT2D eigenvalue weighted by Gasteiger charge is -2.35. The predicted molar refractivity (Wildman–Crippen MR) is 125 cm³/mol. The molecule has 166 valence electrons. The van der Waals surface area contributed by atoms with E-state index in [1.165, 1.54) is 23.5 Å². The van der Waals surface area contributed by atoms with Crippen LogP contribution in [-0.4, -0.2) is 34.3 Å². The molecule has 3 aromatic rings. The first-order chi connectivity index (χ1) is 15.5. The second kappa shape index (κ2) is 10.0. The summed E-state index contributed by atoms with van der Waals surface area (Å²) in [7, 11) is 0. The van der Waals surface area contributed by atoms with Gasteiger partial charge >= 0.3 is 0 Å². The lowest BCUT2D eigenvalue weighted by molar-refractivity contribution is -0.116. The molecule has 0 saturated carbocycles. The monoisotopic (exact) mass is 451 g/mol. The summed E-state index contributed by atoms with van der Waals surface area (Å²) >= 11 is 1.53. The molecule has 32 heavy (non-hydrogen) atoms. The summed E-state index contributed by atoms with van der Waals surface area (Å²) in [6, 6.07) is 15.6. The lowest BCUT2D eigenvalue weighted by Crippen LogP contribution is -2.44. The van der Waals surface area contributed by atoms with E-state index < -0.39 is 0 Å². The minimum atomic E-state index is -0.341. The van der Waals surface area contributed by atoms with E-state index in [1.54, 1.807) is 12.1 Å². The quantitative estimate of drug-likeness (QED) is 0.525. The predicted octanol–water partition coefficient (Wildman–Crippen LogP) is 5.67. The number of anilines is 1. The van der Waals surface area contributed by atoms with Crippen molar-refractivity contribution in [3.8, 4) is 10.4 Å². The van der Waals surface area contributed by atoms with Crippen molar-refractivity contribution in [2.45, 2.75) is 45.1 Å². The highest BCUT2D eigenvalue weighted by molar-refractivity contribution is 7.15. The van der Waals surface area contributed by atoms with Gasteiger partial charge in [0.05, 0.1) is 9.88 Å². The largest absolute Gasteiger partial charge is 0.334 e. The highest BCUT2D eigenvalue weighted by Crippen LogP contribution is 2.32. The van der Waals surface area contributed by atoms with Crippen LogP contribution >= 0.6 is 11.3 Å². The molecule has 1 atom stereocenters. The summed E-state index contributed by atoms with van der Waals surface area (Å²) in [5, 5.41) is 3.66. The topological polar surface area (TPSA) is 62.3 Å². The number of piperidine rings is 1. The van der Waals surface area contributed by atoms with Crippen LogP contribution in [-0.2, 0) is 4.79 Å². The molecular formula is C25H26FN3O2S. The van der Waals surface area contributed by atoms with Gasteiger partial charge in [0.1, 0.15) is 11.5 Å². The van der Waals surface area contributed by atoms with E-state index in [9.17, 15) is 14.0 Å². The second-order valence-corrected chi connectivity index (χ2v) is 9.22. The van der Waals surface area contributed by atoms with Gasteiger partial charge in [0, 0.05) is 24.7 Å². The average Bonchev–Trinajstić information content (AvgIpc) is 3.21. The normalized spacial score (nSPS) is 16.1. The molecule has 2 heterocycles. The maximum atomic E-state index is 13.5. The number of hydrogen-bond donors (Lipinski definition) is 1. The van der Waals surface area contributed by atoms with Crippen molar-refractivity contribution in [3.63, 3.8) is 0 Å². The lowest BCUT2D eigenvalue weighted by atomic mass is 9.97. The molecule has 2 amide bonds. The molecule has 1 N–H and O–H groups in total. The van der Waals surface area contributed by atoms with Gasteiger partial charge in [-0.1, -0.05) is 30.3 Å². The van der Waals surface area contributed by atoms with Gasteiger partial charge < -0.3 is 10.2 Å². The Balaban J connectivity index is 1.45. The van der Waals surface area contributed by atoms with E-state index in [2.05, 4.69) is 10.3 Å². The number of nitrogens with zero attached hydrogens (tertiary/aromatic N) is 2. The molecule has 1 saturated heterocycles. The fraction of sp³-hybridized carbons (Fsp3) is 0.320. The van der Waals surface area contributed by atoms with Gasteiger partial charge in [-0.05, 0) is 62.4 Å². The number of nitrogens with one attached hydrogen (secondary N) is 1.